The fourth-order valence-electron chi connectivity index (χ4n) is 1.71. The van der Waals surface area contributed by atoms with Crippen LogP contribution in [0, 0.1) is 0 Å². The molecule has 0 aromatic rings. The van der Waals surface area contributed by atoms with Crippen molar-refractivity contribution < 1.29 is 9.53 Å². The fourth-order valence-corrected chi connectivity index (χ4v) is 1.71. The Morgan fingerprint density at radius 2 is 2.27 bits per heavy atom. The molecule has 2 aliphatic rings. The van der Waals surface area contributed by atoms with Gasteiger partial charge in [-0.05, 0) is 0 Å². The SMILES string of the molecule is COC1=C2C=CC=CC2NC(C(C)=O)=C1. The molecule has 1 N–H and O–H groups in total. The third kappa shape index (κ3) is 1.73. The van der Waals surface area contributed by atoms with Gasteiger partial charge < -0.3 is 10.1 Å². The first-order chi connectivity index (χ1) is 7.22. The predicted octanol–water partition coefficient (Wildman–Crippen LogP) is 1.46. The monoisotopic (exact) mass is 203 g/mol. The van der Waals surface area contributed by atoms with Gasteiger partial charge >= 0.3 is 0 Å². The van der Waals surface area contributed by atoms with Crippen molar-refractivity contribution in [3.05, 3.63) is 47.4 Å². The van der Waals surface area contributed by atoms with E-state index in [1.165, 1.54) is 0 Å². The van der Waals surface area contributed by atoms with Gasteiger partial charge in [-0.2, -0.15) is 0 Å². The molecule has 2 rings (SSSR count). The van der Waals surface area contributed by atoms with Gasteiger partial charge in [0.05, 0.1) is 18.8 Å². The van der Waals surface area contributed by atoms with Gasteiger partial charge in [-0.15, -0.1) is 0 Å². The minimum absolute atomic E-state index is 0.0200. The number of hydrogen-bond acceptors (Lipinski definition) is 3. The maximum absolute atomic E-state index is 11.3. The van der Waals surface area contributed by atoms with Crippen molar-refractivity contribution in [3.63, 3.8) is 0 Å². The largest absolute Gasteiger partial charge is 0.496 e. The lowest BCUT2D eigenvalue weighted by molar-refractivity contribution is -0.114. The van der Waals surface area contributed by atoms with Gasteiger partial charge in [0.1, 0.15) is 5.76 Å². The molecule has 0 fully saturated rings. The summed E-state index contributed by atoms with van der Waals surface area (Å²) in [5.41, 5.74) is 1.66. The Morgan fingerprint density at radius 3 is 2.93 bits per heavy atom. The highest BCUT2D eigenvalue weighted by Gasteiger charge is 2.23. The third-order valence-electron chi connectivity index (χ3n) is 2.50. The molecule has 3 heteroatoms. The summed E-state index contributed by atoms with van der Waals surface area (Å²) in [7, 11) is 1.62. The molecular weight excluding hydrogens is 190 g/mol. The molecule has 0 aromatic carbocycles. The lowest BCUT2D eigenvalue weighted by Crippen LogP contribution is -2.35. The number of ketones is 1. The highest BCUT2D eigenvalue weighted by molar-refractivity contribution is 5.93. The highest BCUT2D eigenvalue weighted by Crippen LogP contribution is 2.23. The lowest BCUT2D eigenvalue weighted by atomic mass is 9.96. The van der Waals surface area contributed by atoms with Crippen LogP contribution in [0.4, 0.5) is 0 Å². The van der Waals surface area contributed by atoms with Crippen molar-refractivity contribution in [2.45, 2.75) is 13.0 Å². The summed E-state index contributed by atoms with van der Waals surface area (Å²) < 4.78 is 5.27. The Morgan fingerprint density at radius 1 is 1.47 bits per heavy atom. The molecule has 1 heterocycles. The number of ether oxygens (including phenoxy) is 1. The van der Waals surface area contributed by atoms with E-state index >= 15 is 0 Å². The standard InChI is InChI=1S/C12H13NO2/c1-8(14)11-7-12(15-2)9-5-3-4-6-10(9)13-11/h3-7,10,13H,1-2H3. The summed E-state index contributed by atoms with van der Waals surface area (Å²) >= 11 is 0. The average Bonchev–Trinajstić information content (AvgIpc) is 2.27. The molecule has 1 unspecified atom stereocenters. The van der Waals surface area contributed by atoms with Crippen molar-refractivity contribution in [1.82, 2.24) is 5.32 Å². The van der Waals surface area contributed by atoms with Crippen LogP contribution in [-0.2, 0) is 9.53 Å². The number of fused-ring (bicyclic) bond motifs is 1. The molecule has 15 heavy (non-hydrogen) atoms. The quantitative estimate of drug-likeness (QED) is 0.738. The smallest absolute Gasteiger partial charge is 0.175 e. The molecule has 3 nitrogen and oxygen atoms in total. The van der Waals surface area contributed by atoms with E-state index in [2.05, 4.69) is 5.32 Å². The minimum Gasteiger partial charge on any atom is -0.496 e. The molecule has 0 amide bonds. The summed E-state index contributed by atoms with van der Waals surface area (Å²) in [6.45, 7) is 1.54. The maximum Gasteiger partial charge on any atom is 0.175 e. The Labute approximate surface area is 88.8 Å². The van der Waals surface area contributed by atoms with Crippen LogP contribution in [-0.4, -0.2) is 18.9 Å². The Hall–Kier alpha value is -1.77. The second-order valence-electron chi connectivity index (χ2n) is 3.50. The van der Waals surface area contributed by atoms with Gasteiger partial charge in [-0.3, -0.25) is 4.79 Å². The van der Waals surface area contributed by atoms with Crippen molar-refractivity contribution in [1.29, 1.82) is 0 Å². The normalized spacial score (nSPS) is 23.1. The average molecular weight is 203 g/mol. The number of methoxy groups -OCH3 is 1. The zero-order chi connectivity index (χ0) is 10.8. The van der Waals surface area contributed by atoms with Gasteiger partial charge in [-0.1, -0.05) is 24.3 Å². The molecule has 0 saturated carbocycles. The number of rotatable bonds is 2. The molecule has 0 saturated heterocycles. The van der Waals surface area contributed by atoms with Crippen LogP contribution in [0.3, 0.4) is 0 Å². The molecule has 0 aromatic heterocycles. The van der Waals surface area contributed by atoms with E-state index in [9.17, 15) is 4.79 Å². The summed E-state index contributed by atoms with van der Waals surface area (Å²) in [5.74, 6) is 0.774. The zero-order valence-electron chi connectivity index (χ0n) is 8.78. The van der Waals surface area contributed by atoms with Crippen LogP contribution in [0.25, 0.3) is 0 Å². The van der Waals surface area contributed by atoms with Crippen LogP contribution in [0.2, 0.25) is 0 Å². The lowest BCUT2D eigenvalue weighted by Gasteiger charge is -2.26. The van der Waals surface area contributed by atoms with Crippen molar-refractivity contribution in [2.24, 2.45) is 0 Å². The summed E-state index contributed by atoms with van der Waals surface area (Å²) in [6.07, 6.45) is 9.66. The maximum atomic E-state index is 11.3. The van der Waals surface area contributed by atoms with Gasteiger partial charge in [-0.25, -0.2) is 0 Å². The van der Waals surface area contributed by atoms with Crippen molar-refractivity contribution in [3.8, 4) is 0 Å². The van der Waals surface area contributed by atoms with Gasteiger partial charge in [0.2, 0.25) is 0 Å². The van der Waals surface area contributed by atoms with Gasteiger partial charge in [0.15, 0.2) is 5.78 Å². The third-order valence-corrected chi connectivity index (χ3v) is 2.50. The number of carbonyl (C=O) groups is 1. The van der Waals surface area contributed by atoms with Crippen LogP contribution in [0.5, 0.6) is 0 Å². The number of carbonyl (C=O) groups excluding carboxylic acids is 1. The Balaban J connectivity index is 2.43. The molecule has 0 bridgehead atoms. The second-order valence-corrected chi connectivity index (χ2v) is 3.50. The predicted molar refractivity (Wildman–Crippen MR) is 58.0 cm³/mol. The van der Waals surface area contributed by atoms with E-state index in [4.69, 9.17) is 4.74 Å². The Bertz CT molecular complexity index is 413. The van der Waals surface area contributed by atoms with Crippen molar-refractivity contribution in [2.75, 3.05) is 7.11 Å². The second kappa shape index (κ2) is 3.77. The van der Waals surface area contributed by atoms with Crippen LogP contribution >= 0.6 is 0 Å². The highest BCUT2D eigenvalue weighted by atomic mass is 16.5. The summed E-state index contributed by atoms with van der Waals surface area (Å²) in [5, 5.41) is 3.15. The molecule has 0 radical (unpaired) electrons. The number of allylic oxidation sites excluding steroid dienone is 4. The van der Waals surface area contributed by atoms with Gasteiger partial charge in [0.25, 0.3) is 0 Å². The van der Waals surface area contributed by atoms with Gasteiger partial charge in [0, 0.05) is 18.6 Å². The summed E-state index contributed by atoms with van der Waals surface area (Å²) in [4.78, 5) is 11.3. The molecule has 1 atom stereocenters. The zero-order valence-corrected chi connectivity index (χ0v) is 8.78. The number of dihydropyridines is 1. The van der Waals surface area contributed by atoms with Crippen LogP contribution < -0.4 is 5.32 Å². The minimum atomic E-state index is 0.0200. The Kier molecular flexibility index (Phi) is 2.46. The van der Waals surface area contributed by atoms with Crippen LogP contribution in [0.15, 0.2) is 47.4 Å². The number of Topliss-reactive ketones (excluding diaryl/α,β-unsaturated/α-hetero) is 1. The fraction of sp³-hybridized carbons (Fsp3) is 0.250. The van der Waals surface area contributed by atoms with Crippen LogP contribution in [0.1, 0.15) is 6.92 Å². The number of nitrogens with one attached hydrogen (secondary N) is 1. The van der Waals surface area contributed by atoms with E-state index in [-0.39, 0.29) is 11.8 Å². The van der Waals surface area contributed by atoms with E-state index in [0.717, 1.165) is 11.3 Å². The first kappa shape index (κ1) is 9.77. The number of hydrogen-bond donors (Lipinski definition) is 1. The van der Waals surface area contributed by atoms with E-state index in [0.29, 0.717) is 5.70 Å². The molecule has 1 aliphatic heterocycles. The van der Waals surface area contributed by atoms with E-state index in [1.807, 2.05) is 24.3 Å². The van der Waals surface area contributed by atoms with E-state index in [1.54, 1.807) is 20.1 Å². The topological polar surface area (TPSA) is 38.3 Å². The first-order valence-electron chi connectivity index (χ1n) is 4.84. The van der Waals surface area contributed by atoms with Crippen molar-refractivity contribution >= 4 is 5.78 Å². The molecule has 78 valence electrons. The molecule has 1 aliphatic carbocycles. The first-order valence-corrected chi connectivity index (χ1v) is 4.84. The van der Waals surface area contributed by atoms with E-state index < -0.39 is 0 Å². The molecular formula is C12H13NO2. The summed E-state index contributed by atoms with van der Waals surface area (Å²) in [6, 6.07) is 0.0499. The molecule has 0 spiro atoms.